The van der Waals surface area contributed by atoms with Crippen LogP contribution in [-0.2, 0) is 6.54 Å². The molecule has 18 heavy (non-hydrogen) atoms. The van der Waals surface area contributed by atoms with Crippen LogP contribution in [0.3, 0.4) is 0 Å². The Kier molecular flexibility index (Phi) is 6.99. The molecule has 1 unspecified atom stereocenters. The molecule has 0 spiro atoms. The smallest absolute Gasteiger partial charge is 0.0434 e. The van der Waals surface area contributed by atoms with E-state index >= 15 is 0 Å². The summed E-state index contributed by atoms with van der Waals surface area (Å²) in [6.45, 7) is 8.73. The first-order valence-electron chi connectivity index (χ1n) is 7.05. The van der Waals surface area contributed by atoms with E-state index in [0.717, 1.165) is 19.5 Å². The Balaban J connectivity index is 2.37. The van der Waals surface area contributed by atoms with Gasteiger partial charge in [0.05, 0.1) is 0 Å². The summed E-state index contributed by atoms with van der Waals surface area (Å²) in [4.78, 5) is 0. The van der Waals surface area contributed by atoms with Crippen molar-refractivity contribution in [1.82, 2.24) is 5.32 Å². The Labute approximate surface area is 111 Å². The van der Waals surface area contributed by atoms with E-state index in [1.165, 1.54) is 29.5 Å². The van der Waals surface area contributed by atoms with E-state index in [1.54, 1.807) is 0 Å². The predicted molar refractivity (Wildman–Crippen MR) is 77.7 cm³/mol. The molecular weight excluding hydrogens is 222 g/mol. The molecule has 2 N–H and O–H groups in total. The Morgan fingerprint density at radius 3 is 2.56 bits per heavy atom. The topological polar surface area (TPSA) is 32.3 Å². The van der Waals surface area contributed by atoms with Crippen LogP contribution in [0.1, 0.15) is 42.9 Å². The van der Waals surface area contributed by atoms with Gasteiger partial charge in [-0.05, 0) is 55.8 Å². The van der Waals surface area contributed by atoms with E-state index in [1.807, 2.05) is 0 Å². The SMILES string of the molecule is CCCC(CCO)CNCc1ccc(C)c(C)c1. The second kappa shape index (κ2) is 8.28. The maximum absolute atomic E-state index is 9.02. The molecule has 0 aliphatic carbocycles. The van der Waals surface area contributed by atoms with E-state index in [4.69, 9.17) is 5.11 Å². The summed E-state index contributed by atoms with van der Waals surface area (Å²) in [5.74, 6) is 0.603. The van der Waals surface area contributed by atoms with Gasteiger partial charge in [-0.15, -0.1) is 0 Å². The fourth-order valence-corrected chi connectivity index (χ4v) is 2.27. The molecule has 0 amide bonds. The average Bonchev–Trinajstić information content (AvgIpc) is 2.34. The lowest BCUT2D eigenvalue weighted by atomic mass is 10.00. The molecule has 2 heteroatoms. The van der Waals surface area contributed by atoms with Crippen LogP contribution in [0.4, 0.5) is 0 Å². The van der Waals surface area contributed by atoms with Crippen molar-refractivity contribution in [2.45, 2.75) is 46.6 Å². The first-order valence-corrected chi connectivity index (χ1v) is 7.05. The van der Waals surface area contributed by atoms with Crippen LogP contribution in [0.2, 0.25) is 0 Å². The molecular formula is C16H27NO. The molecule has 0 radical (unpaired) electrons. The van der Waals surface area contributed by atoms with Crippen LogP contribution in [0.15, 0.2) is 18.2 Å². The van der Waals surface area contributed by atoms with Gasteiger partial charge in [0, 0.05) is 13.2 Å². The molecule has 2 nitrogen and oxygen atoms in total. The van der Waals surface area contributed by atoms with Crippen LogP contribution < -0.4 is 5.32 Å². The lowest BCUT2D eigenvalue weighted by Gasteiger charge is -2.16. The third kappa shape index (κ3) is 5.19. The van der Waals surface area contributed by atoms with Gasteiger partial charge in [-0.25, -0.2) is 0 Å². The highest BCUT2D eigenvalue weighted by molar-refractivity contribution is 5.29. The summed E-state index contributed by atoms with van der Waals surface area (Å²) >= 11 is 0. The van der Waals surface area contributed by atoms with E-state index in [2.05, 4.69) is 44.3 Å². The first kappa shape index (κ1) is 15.2. The molecule has 0 saturated carbocycles. The van der Waals surface area contributed by atoms with E-state index in [0.29, 0.717) is 12.5 Å². The monoisotopic (exact) mass is 249 g/mol. The Bertz CT molecular complexity index is 343. The van der Waals surface area contributed by atoms with E-state index in [9.17, 15) is 0 Å². The molecule has 1 aromatic carbocycles. The minimum absolute atomic E-state index is 0.302. The van der Waals surface area contributed by atoms with Crippen molar-refractivity contribution >= 4 is 0 Å². The lowest BCUT2D eigenvalue weighted by molar-refractivity contribution is 0.248. The quantitative estimate of drug-likeness (QED) is 0.741. The fourth-order valence-electron chi connectivity index (χ4n) is 2.27. The van der Waals surface area contributed by atoms with E-state index in [-0.39, 0.29) is 0 Å². The number of benzene rings is 1. The molecule has 0 aliphatic rings. The molecule has 0 bridgehead atoms. The van der Waals surface area contributed by atoms with Crippen molar-refractivity contribution in [2.24, 2.45) is 5.92 Å². The zero-order valence-corrected chi connectivity index (χ0v) is 12.0. The van der Waals surface area contributed by atoms with Gasteiger partial charge in [-0.2, -0.15) is 0 Å². The van der Waals surface area contributed by atoms with Gasteiger partial charge >= 0.3 is 0 Å². The van der Waals surface area contributed by atoms with Crippen molar-refractivity contribution in [3.8, 4) is 0 Å². The van der Waals surface area contributed by atoms with Gasteiger partial charge in [0.15, 0.2) is 0 Å². The lowest BCUT2D eigenvalue weighted by Crippen LogP contribution is -2.23. The molecule has 0 fully saturated rings. The van der Waals surface area contributed by atoms with E-state index < -0.39 is 0 Å². The number of rotatable bonds is 8. The minimum atomic E-state index is 0.302. The second-order valence-corrected chi connectivity index (χ2v) is 5.22. The van der Waals surface area contributed by atoms with Crippen LogP contribution in [0.5, 0.6) is 0 Å². The van der Waals surface area contributed by atoms with Crippen molar-refractivity contribution < 1.29 is 5.11 Å². The summed E-state index contributed by atoms with van der Waals surface area (Å²) < 4.78 is 0. The number of aliphatic hydroxyl groups excluding tert-OH is 1. The van der Waals surface area contributed by atoms with Crippen molar-refractivity contribution in [3.63, 3.8) is 0 Å². The standard InChI is InChI=1S/C16H27NO/c1-4-5-15(8-9-18)11-17-12-16-7-6-13(2)14(3)10-16/h6-7,10,15,17-18H,4-5,8-9,11-12H2,1-3H3. The molecule has 1 aromatic rings. The van der Waals surface area contributed by atoms with Crippen LogP contribution in [0, 0.1) is 19.8 Å². The highest BCUT2D eigenvalue weighted by Crippen LogP contribution is 2.11. The Morgan fingerprint density at radius 1 is 1.17 bits per heavy atom. The average molecular weight is 249 g/mol. The number of aryl methyl sites for hydroxylation is 2. The van der Waals surface area contributed by atoms with Gasteiger partial charge < -0.3 is 10.4 Å². The fraction of sp³-hybridized carbons (Fsp3) is 0.625. The van der Waals surface area contributed by atoms with Gasteiger partial charge in [-0.3, -0.25) is 0 Å². The van der Waals surface area contributed by atoms with Crippen molar-refractivity contribution in [1.29, 1.82) is 0 Å². The number of aliphatic hydroxyl groups is 1. The Morgan fingerprint density at radius 2 is 1.94 bits per heavy atom. The van der Waals surface area contributed by atoms with Crippen molar-refractivity contribution in [3.05, 3.63) is 34.9 Å². The van der Waals surface area contributed by atoms with Crippen LogP contribution >= 0.6 is 0 Å². The molecule has 0 saturated heterocycles. The largest absolute Gasteiger partial charge is 0.396 e. The second-order valence-electron chi connectivity index (χ2n) is 5.22. The van der Waals surface area contributed by atoms with Crippen molar-refractivity contribution in [2.75, 3.05) is 13.2 Å². The van der Waals surface area contributed by atoms with Gasteiger partial charge in [0.2, 0.25) is 0 Å². The maximum atomic E-state index is 9.02. The highest BCUT2D eigenvalue weighted by atomic mass is 16.3. The number of hydrogen-bond donors (Lipinski definition) is 2. The summed E-state index contributed by atoms with van der Waals surface area (Å²) in [5, 5.41) is 12.5. The molecule has 0 aliphatic heterocycles. The summed E-state index contributed by atoms with van der Waals surface area (Å²) in [5.41, 5.74) is 4.05. The van der Waals surface area contributed by atoms with Crippen LogP contribution in [-0.4, -0.2) is 18.3 Å². The minimum Gasteiger partial charge on any atom is -0.396 e. The normalized spacial score (nSPS) is 12.7. The highest BCUT2D eigenvalue weighted by Gasteiger charge is 2.06. The summed E-state index contributed by atoms with van der Waals surface area (Å²) in [7, 11) is 0. The third-order valence-corrected chi connectivity index (χ3v) is 3.57. The molecule has 0 heterocycles. The number of hydrogen-bond acceptors (Lipinski definition) is 2. The zero-order valence-electron chi connectivity index (χ0n) is 12.0. The summed E-state index contributed by atoms with van der Waals surface area (Å²) in [6.07, 6.45) is 3.30. The third-order valence-electron chi connectivity index (χ3n) is 3.57. The predicted octanol–water partition coefficient (Wildman–Crippen LogP) is 3.19. The number of nitrogens with one attached hydrogen (secondary N) is 1. The molecule has 1 atom stereocenters. The Hall–Kier alpha value is -0.860. The first-order chi connectivity index (χ1) is 8.67. The van der Waals surface area contributed by atoms with Gasteiger partial charge in [0.25, 0.3) is 0 Å². The van der Waals surface area contributed by atoms with Crippen LogP contribution in [0.25, 0.3) is 0 Å². The molecule has 1 rings (SSSR count). The maximum Gasteiger partial charge on any atom is 0.0434 e. The zero-order chi connectivity index (χ0) is 13.4. The summed E-state index contributed by atoms with van der Waals surface area (Å²) in [6, 6.07) is 6.63. The van der Waals surface area contributed by atoms with Gasteiger partial charge in [-0.1, -0.05) is 31.5 Å². The molecule has 0 aromatic heterocycles. The molecule has 102 valence electrons. The van der Waals surface area contributed by atoms with Gasteiger partial charge in [0.1, 0.15) is 0 Å².